The molecule has 0 aromatic carbocycles. The molecule has 6 heteroatoms. The Kier molecular flexibility index (Phi) is 19.6. The van der Waals surface area contributed by atoms with Crippen molar-refractivity contribution in [1.29, 1.82) is 0 Å². The van der Waals surface area contributed by atoms with Gasteiger partial charge in [0.25, 0.3) is 7.82 Å². The van der Waals surface area contributed by atoms with Crippen molar-refractivity contribution in [3.8, 4) is 0 Å². The molecule has 0 aliphatic heterocycles. The molecule has 0 saturated heterocycles. The van der Waals surface area contributed by atoms with E-state index >= 15 is 0 Å². The van der Waals surface area contributed by atoms with Gasteiger partial charge >= 0.3 is 0 Å². The lowest BCUT2D eigenvalue weighted by Gasteiger charge is -2.23. The lowest BCUT2D eigenvalue weighted by molar-refractivity contribution is -0.225. The Hall–Kier alpha value is 0.540. The van der Waals surface area contributed by atoms with Crippen LogP contribution >= 0.6 is 15.1 Å². The van der Waals surface area contributed by atoms with E-state index < -0.39 is 15.1 Å². The molecule has 1 atom stereocenters. The van der Waals surface area contributed by atoms with Crippen LogP contribution in [0, 0.1) is 0 Å². The molecule has 0 aromatic heterocycles. The summed E-state index contributed by atoms with van der Waals surface area (Å²) in [6, 6.07) is 0. The monoisotopic (exact) mass is 452 g/mol. The van der Waals surface area contributed by atoms with Crippen LogP contribution in [0.3, 0.4) is 0 Å². The Bertz CT molecular complexity index is 397. The van der Waals surface area contributed by atoms with Gasteiger partial charge in [-0.2, -0.15) is 0 Å². The summed E-state index contributed by atoms with van der Waals surface area (Å²) in [5.74, 6) is 0. The molecule has 0 aliphatic rings. The Balaban J connectivity index is 3.28. The molecule has 0 N–H and O–H groups in total. The van der Waals surface area contributed by atoms with Crippen molar-refractivity contribution in [2.24, 2.45) is 0 Å². The number of phosphoric ester groups is 1. The fourth-order valence-electron chi connectivity index (χ4n) is 3.29. The predicted molar refractivity (Wildman–Crippen MR) is 129 cm³/mol. The molecule has 0 rings (SSSR count). The molecule has 0 radical (unpaired) electrons. The zero-order chi connectivity index (χ0) is 21.8. The van der Waals surface area contributed by atoms with Crippen molar-refractivity contribution in [2.75, 3.05) is 39.4 Å². The normalized spacial score (nSPS) is 14.2. The number of hydrogen-bond donors (Lipinski definition) is 0. The fraction of sp³-hybridized carbons (Fsp3) is 1.00. The highest BCUT2D eigenvalue weighted by Gasteiger charge is 2.18. The molecule has 0 fully saturated rings. The average Bonchev–Trinajstić information content (AvgIpc) is 2.63. The molecule has 0 bridgehead atoms. The van der Waals surface area contributed by atoms with Crippen LogP contribution in [-0.2, 0) is 13.6 Å². The second kappa shape index (κ2) is 19.2. The van der Waals surface area contributed by atoms with Crippen LogP contribution in [0.5, 0.6) is 0 Å². The van der Waals surface area contributed by atoms with Gasteiger partial charge in [-0.25, -0.2) is 0 Å². The number of hydrogen-bond acceptors (Lipinski definition) is 4. The average molecular weight is 453 g/mol. The van der Waals surface area contributed by atoms with Crippen LogP contribution in [-0.4, -0.2) is 39.4 Å². The summed E-state index contributed by atoms with van der Waals surface area (Å²) in [7, 11) is -5.11. The first-order chi connectivity index (χ1) is 13.8. The second-order valence-corrected chi connectivity index (χ2v) is 15.9. The van der Waals surface area contributed by atoms with Gasteiger partial charge < -0.3 is 13.9 Å². The maximum Gasteiger partial charge on any atom is 0.267 e. The molecule has 29 heavy (non-hydrogen) atoms. The van der Waals surface area contributed by atoms with Gasteiger partial charge in [0, 0.05) is 27.3 Å². The first kappa shape index (κ1) is 29.5. The standard InChI is InChI=1S/C23H50O4P2/c1-5-6-7-8-9-10-11-12-13-14-15-16-17-18-19-20-21-26-29(24,25)27-22-23-28(2,3)4/h5-23H2,1-4H3. The van der Waals surface area contributed by atoms with Gasteiger partial charge in [-0.3, -0.25) is 4.57 Å². The van der Waals surface area contributed by atoms with E-state index in [1.54, 1.807) is 0 Å². The zero-order valence-corrected chi connectivity index (χ0v) is 21.8. The molecular formula is C23H50O4P2. The van der Waals surface area contributed by atoms with Gasteiger partial charge in [0.1, 0.15) is 0 Å². The molecule has 0 heterocycles. The predicted octanol–water partition coefficient (Wildman–Crippen LogP) is 7.66. The number of unbranched alkanes of at least 4 members (excludes halogenated alkanes) is 15. The highest BCUT2D eigenvalue weighted by molar-refractivity contribution is 7.73. The highest BCUT2D eigenvalue weighted by atomic mass is 31.2. The minimum Gasteiger partial charge on any atom is -0.756 e. The highest BCUT2D eigenvalue weighted by Crippen LogP contribution is 2.47. The third-order valence-corrected chi connectivity index (χ3v) is 7.78. The minimum atomic E-state index is -4.10. The summed E-state index contributed by atoms with van der Waals surface area (Å²) in [5.41, 5.74) is 0. The molecular weight excluding hydrogens is 402 g/mol. The van der Waals surface area contributed by atoms with Gasteiger partial charge in [0.05, 0.1) is 19.4 Å². The van der Waals surface area contributed by atoms with Crippen LogP contribution in [0.25, 0.3) is 0 Å². The van der Waals surface area contributed by atoms with E-state index in [4.69, 9.17) is 9.05 Å². The van der Waals surface area contributed by atoms with E-state index in [9.17, 15) is 9.46 Å². The number of rotatable bonds is 22. The van der Waals surface area contributed by atoms with E-state index in [2.05, 4.69) is 26.9 Å². The van der Waals surface area contributed by atoms with Crippen molar-refractivity contribution in [1.82, 2.24) is 0 Å². The van der Waals surface area contributed by atoms with E-state index in [1.165, 1.54) is 89.9 Å². The van der Waals surface area contributed by atoms with Crippen LogP contribution in [0.2, 0.25) is 0 Å². The van der Waals surface area contributed by atoms with E-state index in [1.807, 2.05) is 0 Å². The first-order valence-electron chi connectivity index (χ1n) is 12.2. The molecule has 1 unspecified atom stereocenters. The number of phosphoric acid groups is 1. The van der Waals surface area contributed by atoms with Crippen LogP contribution < -0.4 is 4.89 Å². The minimum absolute atomic E-state index is 0.247. The molecule has 0 saturated carbocycles. The van der Waals surface area contributed by atoms with Crippen molar-refractivity contribution in [2.45, 2.75) is 110 Å². The smallest absolute Gasteiger partial charge is 0.267 e. The van der Waals surface area contributed by atoms with Crippen LogP contribution in [0.15, 0.2) is 0 Å². The van der Waals surface area contributed by atoms with Crippen molar-refractivity contribution in [3.63, 3.8) is 0 Å². The van der Waals surface area contributed by atoms with Gasteiger partial charge in [0.15, 0.2) is 0 Å². The van der Waals surface area contributed by atoms with Crippen molar-refractivity contribution >= 4 is 15.1 Å². The Labute approximate surface area is 182 Å². The molecule has 176 valence electrons. The molecule has 0 spiro atoms. The van der Waals surface area contributed by atoms with E-state index in [0.717, 1.165) is 19.0 Å². The Morgan fingerprint density at radius 1 is 0.621 bits per heavy atom. The largest absolute Gasteiger partial charge is 0.756 e. The van der Waals surface area contributed by atoms with Gasteiger partial charge in [0.2, 0.25) is 0 Å². The van der Waals surface area contributed by atoms with Crippen molar-refractivity contribution < 1.29 is 18.5 Å². The molecule has 0 aliphatic carbocycles. The second-order valence-electron chi connectivity index (χ2n) is 9.43. The van der Waals surface area contributed by atoms with Gasteiger partial charge in [-0.1, -0.05) is 103 Å². The quantitative estimate of drug-likeness (QED) is 0.125. The summed E-state index contributed by atoms with van der Waals surface area (Å²) in [6.07, 6.45) is 21.7. The Morgan fingerprint density at radius 2 is 0.966 bits per heavy atom. The van der Waals surface area contributed by atoms with Crippen LogP contribution in [0.4, 0.5) is 0 Å². The summed E-state index contributed by atoms with van der Waals surface area (Å²) in [6.45, 7) is 9.28. The summed E-state index contributed by atoms with van der Waals surface area (Å²) < 4.78 is 21.6. The SMILES string of the molecule is CCCCCCCCCCCCCCCCCCOP(=O)([O-])OCC[P+](C)(C)C. The first-order valence-corrected chi connectivity index (χ1v) is 16.9. The van der Waals surface area contributed by atoms with E-state index in [0.29, 0.717) is 0 Å². The maximum absolute atomic E-state index is 11.7. The van der Waals surface area contributed by atoms with Crippen LogP contribution in [0.1, 0.15) is 110 Å². The van der Waals surface area contributed by atoms with E-state index in [-0.39, 0.29) is 13.2 Å². The zero-order valence-electron chi connectivity index (χ0n) is 20.0. The third kappa shape index (κ3) is 24.7. The molecule has 4 nitrogen and oxygen atoms in total. The molecule has 0 aromatic rings. The summed E-state index contributed by atoms with van der Waals surface area (Å²) >= 11 is 0. The van der Waals surface area contributed by atoms with Crippen molar-refractivity contribution in [3.05, 3.63) is 0 Å². The van der Waals surface area contributed by atoms with Gasteiger partial charge in [-0.15, -0.1) is 0 Å². The molecule has 0 amide bonds. The maximum atomic E-state index is 11.7. The van der Waals surface area contributed by atoms with Gasteiger partial charge in [-0.05, 0) is 6.42 Å². The fourth-order valence-corrected chi connectivity index (χ4v) is 4.82. The lowest BCUT2D eigenvalue weighted by Crippen LogP contribution is -2.12. The summed E-state index contributed by atoms with van der Waals surface area (Å²) in [4.78, 5) is 11.7. The topological polar surface area (TPSA) is 58.6 Å². The summed E-state index contributed by atoms with van der Waals surface area (Å²) in [5, 5.41) is 0. The lowest BCUT2D eigenvalue weighted by atomic mass is 10.0. The Morgan fingerprint density at radius 3 is 1.34 bits per heavy atom. The third-order valence-electron chi connectivity index (χ3n) is 5.26.